The summed E-state index contributed by atoms with van der Waals surface area (Å²) in [6, 6.07) is -0.194. The van der Waals surface area contributed by atoms with Crippen LogP contribution >= 0.6 is 0 Å². The van der Waals surface area contributed by atoms with E-state index in [1.54, 1.807) is 17.8 Å². The predicted octanol–water partition coefficient (Wildman–Crippen LogP) is 0.935. The van der Waals surface area contributed by atoms with E-state index in [2.05, 4.69) is 15.7 Å². The van der Waals surface area contributed by atoms with Crippen LogP contribution < -0.4 is 10.6 Å². The zero-order valence-electron chi connectivity index (χ0n) is 12.1. The Balaban J connectivity index is 2.27. The molecule has 2 atom stereocenters. The zero-order valence-corrected chi connectivity index (χ0v) is 12.1. The minimum atomic E-state index is -0.335. The Hall–Kier alpha value is -1.56. The molecule has 2 amide bonds. The summed E-state index contributed by atoms with van der Waals surface area (Å²) >= 11 is 0. The first kappa shape index (κ1) is 15.5. The molecule has 1 rings (SSSR count). The molecule has 6 nitrogen and oxygen atoms in total. The molecule has 0 aliphatic heterocycles. The fourth-order valence-electron chi connectivity index (χ4n) is 1.89. The molecule has 0 saturated heterocycles. The number of aliphatic hydroxyl groups excluding tert-OH is 1. The highest BCUT2D eigenvalue weighted by Crippen LogP contribution is 2.05. The van der Waals surface area contributed by atoms with Gasteiger partial charge >= 0.3 is 6.03 Å². The smallest absolute Gasteiger partial charge is 0.315 e. The van der Waals surface area contributed by atoms with E-state index in [4.69, 9.17) is 0 Å². The summed E-state index contributed by atoms with van der Waals surface area (Å²) in [6.45, 7) is 6.74. The van der Waals surface area contributed by atoms with E-state index < -0.39 is 0 Å². The largest absolute Gasteiger partial charge is 0.393 e. The van der Waals surface area contributed by atoms with Gasteiger partial charge in [-0.3, -0.25) is 4.68 Å². The monoisotopic (exact) mass is 268 g/mol. The topological polar surface area (TPSA) is 79.2 Å². The van der Waals surface area contributed by atoms with Crippen molar-refractivity contribution in [1.82, 2.24) is 20.4 Å². The number of nitrogens with zero attached hydrogens (tertiary/aromatic N) is 2. The van der Waals surface area contributed by atoms with Gasteiger partial charge in [-0.2, -0.15) is 5.10 Å². The molecule has 0 radical (unpaired) electrons. The van der Waals surface area contributed by atoms with Crippen molar-refractivity contribution >= 4 is 6.03 Å². The van der Waals surface area contributed by atoms with E-state index in [-0.39, 0.29) is 18.1 Å². The lowest BCUT2D eigenvalue weighted by molar-refractivity contribution is 0.163. The molecule has 0 fully saturated rings. The summed E-state index contributed by atoms with van der Waals surface area (Å²) in [5, 5.41) is 18.9. The van der Waals surface area contributed by atoms with Crippen molar-refractivity contribution in [3.05, 3.63) is 17.5 Å². The highest BCUT2D eigenvalue weighted by molar-refractivity contribution is 5.73. The summed E-state index contributed by atoms with van der Waals surface area (Å²) in [5.74, 6) is 0.255. The Morgan fingerprint density at radius 1 is 1.47 bits per heavy atom. The minimum absolute atomic E-state index is 0.194. The number of hydrogen-bond donors (Lipinski definition) is 3. The van der Waals surface area contributed by atoms with Crippen LogP contribution in [0.1, 0.15) is 31.5 Å². The van der Waals surface area contributed by atoms with Crippen LogP contribution in [0.25, 0.3) is 0 Å². The summed E-state index contributed by atoms with van der Waals surface area (Å²) in [7, 11) is 1.87. The lowest BCUT2D eigenvalue weighted by Gasteiger charge is -2.14. The third-order valence-corrected chi connectivity index (χ3v) is 3.13. The molecule has 0 saturated carbocycles. The van der Waals surface area contributed by atoms with Crippen LogP contribution in [0.15, 0.2) is 6.20 Å². The molecule has 0 aromatic carbocycles. The van der Waals surface area contributed by atoms with Gasteiger partial charge in [0.15, 0.2) is 0 Å². The Morgan fingerprint density at radius 2 is 2.16 bits per heavy atom. The van der Waals surface area contributed by atoms with Crippen molar-refractivity contribution in [3.63, 3.8) is 0 Å². The number of aliphatic hydroxyl groups is 1. The quantitative estimate of drug-likeness (QED) is 0.718. The predicted molar refractivity (Wildman–Crippen MR) is 73.6 cm³/mol. The highest BCUT2D eigenvalue weighted by Gasteiger charge is 2.09. The van der Waals surface area contributed by atoms with Crippen molar-refractivity contribution in [3.8, 4) is 0 Å². The lowest BCUT2D eigenvalue weighted by atomic mass is 10.1. The molecule has 1 heterocycles. The minimum Gasteiger partial charge on any atom is -0.393 e. The van der Waals surface area contributed by atoms with Crippen LogP contribution in [0.3, 0.4) is 0 Å². The molecule has 0 aliphatic carbocycles. The maximum absolute atomic E-state index is 11.6. The van der Waals surface area contributed by atoms with Crippen molar-refractivity contribution in [1.29, 1.82) is 0 Å². The van der Waals surface area contributed by atoms with Crippen LogP contribution in [0.4, 0.5) is 4.79 Å². The fourth-order valence-corrected chi connectivity index (χ4v) is 1.89. The molecule has 0 aliphatic rings. The number of amides is 2. The molecule has 0 bridgehead atoms. The van der Waals surface area contributed by atoms with Crippen LogP contribution in [-0.2, 0) is 13.6 Å². The first-order valence-electron chi connectivity index (χ1n) is 6.57. The van der Waals surface area contributed by atoms with Gasteiger partial charge in [0.05, 0.1) is 12.3 Å². The standard InChI is InChI=1S/C13H24N4O2/c1-9(5-10(2)18)6-14-13(19)15-7-12-8-16-17(4)11(12)3/h8-10,18H,5-7H2,1-4H3,(H2,14,15,19). The number of carbonyl (C=O) groups excluding carboxylic acids is 1. The molecule has 19 heavy (non-hydrogen) atoms. The Morgan fingerprint density at radius 3 is 2.68 bits per heavy atom. The highest BCUT2D eigenvalue weighted by atomic mass is 16.3. The van der Waals surface area contributed by atoms with Gasteiger partial charge in [-0.05, 0) is 26.2 Å². The summed E-state index contributed by atoms with van der Waals surface area (Å²) < 4.78 is 1.78. The fraction of sp³-hybridized carbons (Fsp3) is 0.692. The first-order valence-corrected chi connectivity index (χ1v) is 6.57. The van der Waals surface area contributed by atoms with Crippen molar-refractivity contribution in [2.75, 3.05) is 6.54 Å². The van der Waals surface area contributed by atoms with Crippen molar-refractivity contribution < 1.29 is 9.90 Å². The number of aromatic nitrogens is 2. The first-order chi connectivity index (χ1) is 8.90. The maximum Gasteiger partial charge on any atom is 0.315 e. The third-order valence-electron chi connectivity index (χ3n) is 3.13. The van der Waals surface area contributed by atoms with Crippen LogP contribution in [-0.4, -0.2) is 33.6 Å². The van der Waals surface area contributed by atoms with Gasteiger partial charge in [0.25, 0.3) is 0 Å². The van der Waals surface area contributed by atoms with Crippen molar-refractivity contribution in [2.45, 2.75) is 39.8 Å². The summed E-state index contributed by atoms with van der Waals surface area (Å²) in [4.78, 5) is 11.6. The van der Waals surface area contributed by atoms with Gasteiger partial charge in [0.2, 0.25) is 0 Å². The van der Waals surface area contributed by atoms with E-state index in [1.807, 2.05) is 20.9 Å². The molecular formula is C13H24N4O2. The Kier molecular flexibility index (Phi) is 5.82. The van der Waals surface area contributed by atoms with Gasteiger partial charge in [-0.15, -0.1) is 0 Å². The second-order valence-electron chi connectivity index (χ2n) is 5.13. The van der Waals surface area contributed by atoms with Gasteiger partial charge < -0.3 is 15.7 Å². The Bertz CT molecular complexity index is 415. The molecule has 108 valence electrons. The average molecular weight is 268 g/mol. The molecule has 3 N–H and O–H groups in total. The van der Waals surface area contributed by atoms with E-state index in [9.17, 15) is 9.90 Å². The lowest BCUT2D eigenvalue weighted by Crippen LogP contribution is -2.37. The second kappa shape index (κ2) is 7.13. The van der Waals surface area contributed by atoms with Crippen molar-refractivity contribution in [2.24, 2.45) is 13.0 Å². The van der Waals surface area contributed by atoms with E-state index in [1.165, 1.54) is 0 Å². The van der Waals surface area contributed by atoms with Gasteiger partial charge in [0.1, 0.15) is 0 Å². The number of rotatable bonds is 6. The average Bonchev–Trinajstić information content (AvgIpc) is 2.64. The molecule has 1 aromatic heterocycles. The zero-order chi connectivity index (χ0) is 14.4. The van der Waals surface area contributed by atoms with Crippen LogP contribution in [0, 0.1) is 12.8 Å². The van der Waals surface area contributed by atoms with E-state index >= 15 is 0 Å². The van der Waals surface area contributed by atoms with Gasteiger partial charge in [-0.25, -0.2) is 4.79 Å². The number of hydrogen-bond acceptors (Lipinski definition) is 3. The number of carbonyl (C=O) groups is 1. The molecular weight excluding hydrogens is 244 g/mol. The van der Waals surface area contributed by atoms with E-state index in [0.717, 1.165) is 11.3 Å². The SMILES string of the molecule is Cc1c(CNC(=O)NCC(C)CC(C)O)cnn1C. The summed E-state index contributed by atoms with van der Waals surface area (Å²) in [5.41, 5.74) is 2.05. The van der Waals surface area contributed by atoms with Crippen LogP contribution in [0.5, 0.6) is 0 Å². The third kappa shape index (κ3) is 5.30. The molecule has 1 aromatic rings. The molecule has 0 spiro atoms. The molecule has 6 heteroatoms. The number of aryl methyl sites for hydroxylation is 1. The van der Waals surface area contributed by atoms with Gasteiger partial charge in [0, 0.05) is 31.4 Å². The normalized spacial score (nSPS) is 13.9. The Labute approximate surface area is 114 Å². The van der Waals surface area contributed by atoms with Gasteiger partial charge in [-0.1, -0.05) is 6.92 Å². The number of nitrogens with one attached hydrogen (secondary N) is 2. The van der Waals surface area contributed by atoms with Crippen LogP contribution in [0.2, 0.25) is 0 Å². The second-order valence-corrected chi connectivity index (χ2v) is 5.13. The number of urea groups is 1. The maximum atomic E-state index is 11.6. The molecule has 2 unspecified atom stereocenters. The summed E-state index contributed by atoms with van der Waals surface area (Å²) in [6.07, 6.45) is 2.10. The van der Waals surface area contributed by atoms with E-state index in [0.29, 0.717) is 19.5 Å².